The molecule has 0 radical (unpaired) electrons. The van der Waals surface area contributed by atoms with E-state index >= 15 is 0 Å². The van der Waals surface area contributed by atoms with Gasteiger partial charge in [-0.25, -0.2) is 0 Å². The summed E-state index contributed by atoms with van der Waals surface area (Å²) in [5, 5.41) is 7.39. The van der Waals surface area contributed by atoms with E-state index in [1.54, 1.807) is 0 Å². The molecule has 0 saturated carbocycles. The smallest absolute Gasteiger partial charge is 0.231 e. The third-order valence-corrected chi connectivity index (χ3v) is 3.65. The van der Waals surface area contributed by atoms with Gasteiger partial charge in [0, 0.05) is 32.6 Å². The average Bonchev–Trinajstić information content (AvgIpc) is 3.08. The standard InChI is InChI=1S/C12H20N4O2/c1-3-13-9-10(1)12-14-11(15-18-12)2-4-16-5-7-17-8-6-16/h10,13H,1-9H2. The summed E-state index contributed by atoms with van der Waals surface area (Å²) < 4.78 is 10.7. The van der Waals surface area contributed by atoms with E-state index in [0.717, 1.165) is 70.5 Å². The molecule has 0 aliphatic carbocycles. The zero-order valence-corrected chi connectivity index (χ0v) is 10.6. The molecule has 2 aliphatic heterocycles. The first-order valence-electron chi connectivity index (χ1n) is 6.75. The molecule has 2 saturated heterocycles. The number of morpholine rings is 1. The topological polar surface area (TPSA) is 63.4 Å². The molecule has 3 rings (SSSR count). The van der Waals surface area contributed by atoms with Crippen molar-refractivity contribution in [2.24, 2.45) is 0 Å². The van der Waals surface area contributed by atoms with Gasteiger partial charge in [0.05, 0.1) is 19.1 Å². The van der Waals surface area contributed by atoms with Crippen molar-refractivity contribution >= 4 is 0 Å². The molecular weight excluding hydrogens is 232 g/mol. The van der Waals surface area contributed by atoms with Gasteiger partial charge < -0.3 is 14.6 Å². The summed E-state index contributed by atoms with van der Waals surface area (Å²) in [7, 11) is 0. The Kier molecular flexibility index (Phi) is 3.87. The summed E-state index contributed by atoms with van der Waals surface area (Å²) in [6.45, 7) is 6.71. The Morgan fingerprint density at radius 3 is 3.00 bits per heavy atom. The third kappa shape index (κ3) is 2.88. The Labute approximate surface area is 107 Å². The molecule has 2 aliphatic rings. The highest BCUT2D eigenvalue weighted by Crippen LogP contribution is 2.20. The van der Waals surface area contributed by atoms with Crippen LogP contribution >= 0.6 is 0 Å². The SMILES string of the molecule is C1CC(c2nc(CCN3CCOCC3)no2)CN1. The van der Waals surface area contributed by atoms with Crippen molar-refractivity contribution in [1.82, 2.24) is 20.4 Å². The molecule has 1 unspecified atom stereocenters. The Balaban J connectivity index is 1.50. The monoisotopic (exact) mass is 252 g/mol. The van der Waals surface area contributed by atoms with Gasteiger partial charge in [-0.05, 0) is 13.0 Å². The zero-order valence-electron chi connectivity index (χ0n) is 10.6. The van der Waals surface area contributed by atoms with Crippen LogP contribution in [0.5, 0.6) is 0 Å². The Bertz CT molecular complexity index is 370. The number of rotatable bonds is 4. The van der Waals surface area contributed by atoms with Gasteiger partial charge >= 0.3 is 0 Å². The highest BCUT2D eigenvalue weighted by molar-refractivity contribution is 4.98. The Morgan fingerprint density at radius 2 is 2.22 bits per heavy atom. The van der Waals surface area contributed by atoms with Crippen LogP contribution in [-0.2, 0) is 11.2 Å². The van der Waals surface area contributed by atoms with Crippen molar-refractivity contribution in [2.45, 2.75) is 18.8 Å². The second kappa shape index (κ2) is 5.77. The molecule has 18 heavy (non-hydrogen) atoms. The maximum absolute atomic E-state index is 5.34. The molecule has 3 heterocycles. The number of aromatic nitrogens is 2. The molecule has 6 nitrogen and oxygen atoms in total. The first-order chi connectivity index (χ1) is 8.92. The van der Waals surface area contributed by atoms with Gasteiger partial charge in [0.1, 0.15) is 0 Å². The van der Waals surface area contributed by atoms with E-state index in [1.165, 1.54) is 0 Å². The summed E-state index contributed by atoms with van der Waals surface area (Å²) in [6, 6.07) is 0. The minimum Gasteiger partial charge on any atom is -0.379 e. The van der Waals surface area contributed by atoms with Crippen molar-refractivity contribution in [3.05, 3.63) is 11.7 Å². The second-order valence-electron chi connectivity index (χ2n) is 4.94. The van der Waals surface area contributed by atoms with Gasteiger partial charge in [-0.2, -0.15) is 4.98 Å². The van der Waals surface area contributed by atoms with Crippen LogP contribution in [0.15, 0.2) is 4.52 Å². The lowest BCUT2D eigenvalue weighted by molar-refractivity contribution is 0.0381. The molecule has 6 heteroatoms. The fraction of sp³-hybridized carbons (Fsp3) is 0.833. The van der Waals surface area contributed by atoms with Gasteiger partial charge in [0.25, 0.3) is 0 Å². The normalized spacial score (nSPS) is 25.7. The van der Waals surface area contributed by atoms with E-state index in [1.807, 2.05) is 0 Å². The number of nitrogens with one attached hydrogen (secondary N) is 1. The predicted octanol–water partition coefficient (Wildman–Crippen LogP) is 0.0212. The van der Waals surface area contributed by atoms with Crippen molar-refractivity contribution in [2.75, 3.05) is 45.9 Å². The van der Waals surface area contributed by atoms with E-state index in [-0.39, 0.29) is 0 Å². The maximum Gasteiger partial charge on any atom is 0.231 e. The quantitative estimate of drug-likeness (QED) is 0.815. The molecule has 1 atom stereocenters. The van der Waals surface area contributed by atoms with Gasteiger partial charge in [-0.1, -0.05) is 5.16 Å². The van der Waals surface area contributed by atoms with Gasteiger partial charge in [0.15, 0.2) is 5.82 Å². The summed E-state index contributed by atoms with van der Waals surface area (Å²) in [4.78, 5) is 6.89. The summed E-state index contributed by atoms with van der Waals surface area (Å²) in [6.07, 6.45) is 1.97. The van der Waals surface area contributed by atoms with E-state index in [9.17, 15) is 0 Å². The van der Waals surface area contributed by atoms with Crippen LogP contribution in [0.1, 0.15) is 24.1 Å². The molecular formula is C12H20N4O2. The maximum atomic E-state index is 5.34. The lowest BCUT2D eigenvalue weighted by Crippen LogP contribution is -2.37. The van der Waals surface area contributed by atoms with Crippen LogP contribution in [0, 0.1) is 0 Å². The minimum absolute atomic E-state index is 0.412. The van der Waals surface area contributed by atoms with Crippen LogP contribution in [0.25, 0.3) is 0 Å². The fourth-order valence-corrected chi connectivity index (χ4v) is 2.48. The van der Waals surface area contributed by atoms with Crippen LogP contribution in [0.3, 0.4) is 0 Å². The molecule has 100 valence electrons. The van der Waals surface area contributed by atoms with Crippen molar-refractivity contribution < 1.29 is 9.26 Å². The molecule has 1 aromatic heterocycles. The van der Waals surface area contributed by atoms with Gasteiger partial charge in [-0.15, -0.1) is 0 Å². The molecule has 0 amide bonds. The van der Waals surface area contributed by atoms with Crippen LogP contribution in [0.4, 0.5) is 0 Å². The molecule has 2 fully saturated rings. The van der Waals surface area contributed by atoms with E-state index < -0.39 is 0 Å². The first-order valence-corrected chi connectivity index (χ1v) is 6.75. The fourth-order valence-electron chi connectivity index (χ4n) is 2.48. The number of nitrogens with zero attached hydrogens (tertiary/aromatic N) is 3. The third-order valence-electron chi connectivity index (χ3n) is 3.65. The highest BCUT2D eigenvalue weighted by Gasteiger charge is 2.22. The molecule has 0 spiro atoms. The summed E-state index contributed by atoms with van der Waals surface area (Å²) in [5.74, 6) is 2.05. The predicted molar refractivity (Wildman–Crippen MR) is 65.5 cm³/mol. The summed E-state index contributed by atoms with van der Waals surface area (Å²) >= 11 is 0. The van der Waals surface area contributed by atoms with E-state index in [2.05, 4.69) is 20.4 Å². The lowest BCUT2D eigenvalue weighted by atomic mass is 10.1. The number of hydrogen-bond donors (Lipinski definition) is 1. The number of ether oxygens (including phenoxy) is 1. The van der Waals surface area contributed by atoms with Crippen molar-refractivity contribution in [3.63, 3.8) is 0 Å². The van der Waals surface area contributed by atoms with Crippen LogP contribution in [0.2, 0.25) is 0 Å². The summed E-state index contributed by atoms with van der Waals surface area (Å²) in [5.41, 5.74) is 0. The van der Waals surface area contributed by atoms with Crippen molar-refractivity contribution in [1.29, 1.82) is 0 Å². The molecule has 0 bridgehead atoms. The Morgan fingerprint density at radius 1 is 1.33 bits per heavy atom. The lowest BCUT2D eigenvalue weighted by Gasteiger charge is -2.25. The Hall–Kier alpha value is -0.980. The largest absolute Gasteiger partial charge is 0.379 e. The van der Waals surface area contributed by atoms with Crippen LogP contribution < -0.4 is 5.32 Å². The first kappa shape index (κ1) is 12.1. The van der Waals surface area contributed by atoms with Crippen molar-refractivity contribution in [3.8, 4) is 0 Å². The second-order valence-corrected chi connectivity index (χ2v) is 4.94. The average molecular weight is 252 g/mol. The highest BCUT2D eigenvalue weighted by atomic mass is 16.5. The van der Waals surface area contributed by atoms with Gasteiger partial charge in [-0.3, -0.25) is 4.90 Å². The van der Waals surface area contributed by atoms with E-state index in [0.29, 0.717) is 5.92 Å². The van der Waals surface area contributed by atoms with E-state index in [4.69, 9.17) is 9.26 Å². The molecule has 0 aromatic carbocycles. The molecule has 1 aromatic rings. The minimum atomic E-state index is 0.412. The van der Waals surface area contributed by atoms with Crippen LogP contribution in [-0.4, -0.2) is 61.0 Å². The molecule has 1 N–H and O–H groups in total. The zero-order chi connectivity index (χ0) is 12.2. The number of hydrogen-bond acceptors (Lipinski definition) is 6. The van der Waals surface area contributed by atoms with Gasteiger partial charge in [0.2, 0.25) is 5.89 Å².